The summed E-state index contributed by atoms with van der Waals surface area (Å²) < 4.78 is 3.77. The Kier molecular flexibility index (Phi) is 6.10. The van der Waals surface area contributed by atoms with Crippen LogP contribution in [0.5, 0.6) is 0 Å². The van der Waals surface area contributed by atoms with E-state index in [2.05, 4.69) is 69.2 Å². The van der Waals surface area contributed by atoms with Crippen LogP contribution in [0.2, 0.25) is 0 Å². The van der Waals surface area contributed by atoms with Gasteiger partial charge in [0.2, 0.25) is 0 Å². The van der Waals surface area contributed by atoms with Crippen molar-refractivity contribution >= 4 is 0 Å². The van der Waals surface area contributed by atoms with Crippen molar-refractivity contribution in [3.8, 4) is 0 Å². The Hall–Kier alpha value is -0.417. The summed E-state index contributed by atoms with van der Waals surface area (Å²) in [5.41, 5.74) is 10.6. The van der Waals surface area contributed by atoms with Gasteiger partial charge in [-0.05, 0) is 0 Å². The molecule has 2 aliphatic carbocycles. The molecule has 0 saturated carbocycles. The Morgan fingerprint density at radius 2 is 0.960 bits per heavy atom. The number of hydrogen-bond donors (Lipinski definition) is 0. The van der Waals surface area contributed by atoms with Crippen LogP contribution in [0.25, 0.3) is 0 Å². The van der Waals surface area contributed by atoms with E-state index in [-0.39, 0.29) is 0 Å². The molecule has 0 aromatic heterocycles. The van der Waals surface area contributed by atoms with Crippen molar-refractivity contribution in [1.82, 2.24) is 0 Å². The van der Waals surface area contributed by atoms with Crippen LogP contribution in [0.3, 0.4) is 0 Å². The third-order valence-electron chi connectivity index (χ3n) is 7.50. The maximum absolute atomic E-state index is 2.49. The van der Waals surface area contributed by atoms with Crippen molar-refractivity contribution < 1.29 is 17.1 Å². The van der Waals surface area contributed by atoms with Crippen molar-refractivity contribution in [2.24, 2.45) is 10.8 Å². The number of rotatable bonds is 6. The average Bonchev–Trinajstić information content (AvgIpc) is 2.80. The average molecular weight is 392 g/mol. The van der Waals surface area contributed by atoms with Gasteiger partial charge in [0.15, 0.2) is 0 Å². The number of hydrogen-bond acceptors (Lipinski definition) is 0. The zero-order valence-electron chi connectivity index (χ0n) is 18.5. The summed E-state index contributed by atoms with van der Waals surface area (Å²) in [4.78, 5) is 0. The van der Waals surface area contributed by atoms with E-state index in [1.807, 2.05) is 8.33 Å². The molecule has 0 bridgehead atoms. The Labute approximate surface area is 164 Å². The molecule has 2 rings (SSSR count). The molecule has 0 heterocycles. The molecule has 0 amide bonds. The molecule has 0 aromatic rings. The van der Waals surface area contributed by atoms with Crippen LogP contribution < -0.4 is 0 Å². The van der Waals surface area contributed by atoms with Gasteiger partial charge in [0.1, 0.15) is 0 Å². The molecular weight excluding hydrogens is 354 g/mol. The van der Waals surface area contributed by atoms with Crippen LogP contribution in [0.1, 0.15) is 94.9 Å². The van der Waals surface area contributed by atoms with Gasteiger partial charge >= 0.3 is 165 Å². The van der Waals surface area contributed by atoms with Gasteiger partial charge in [-0.2, -0.15) is 0 Å². The van der Waals surface area contributed by atoms with E-state index < -0.39 is 17.1 Å². The van der Waals surface area contributed by atoms with E-state index in [1.54, 1.807) is 33.4 Å². The summed E-state index contributed by atoms with van der Waals surface area (Å²) in [6, 6.07) is 0. The topological polar surface area (TPSA) is 0 Å². The third kappa shape index (κ3) is 3.31. The fraction of sp³-hybridized carbons (Fsp3) is 0.667. The van der Waals surface area contributed by atoms with Crippen LogP contribution in [-0.4, -0.2) is 0 Å². The van der Waals surface area contributed by atoms with E-state index in [1.165, 1.54) is 25.7 Å². The van der Waals surface area contributed by atoms with Crippen LogP contribution in [0, 0.1) is 10.8 Å². The molecular formula is C24H38Zn. The second kappa shape index (κ2) is 7.30. The minimum absolute atomic E-state index is 0.291. The summed E-state index contributed by atoms with van der Waals surface area (Å²) in [5, 5.41) is 0. The molecule has 2 aliphatic rings. The molecule has 0 saturated heterocycles. The molecule has 25 heavy (non-hydrogen) atoms. The standard InChI is InChI=1S/2C12H19.Zn/c2*1-6-7-11-8-12(4,5)10(3)9(11)2;/h2*6-7H2,1-5H3;. The van der Waals surface area contributed by atoms with Gasteiger partial charge in [0, 0.05) is 0 Å². The SMILES string of the molecule is CCCC1=[C]([Zn][C]2=C(CCC)C(C)=C(C)C2(C)C)C(C)(C)C(C)=C1C. The van der Waals surface area contributed by atoms with Gasteiger partial charge in [-0.15, -0.1) is 0 Å². The fourth-order valence-corrected chi connectivity index (χ4v) is 11.5. The van der Waals surface area contributed by atoms with E-state index in [0.717, 1.165) is 0 Å². The zero-order valence-corrected chi connectivity index (χ0v) is 21.5. The van der Waals surface area contributed by atoms with Crippen molar-refractivity contribution in [1.29, 1.82) is 0 Å². The number of allylic oxidation sites excluding steroid dienone is 8. The first-order valence-electron chi connectivity index (χ1n) is 10.3. The molecule has 0 radical (unpaired) electrons. The van der Waals surface area contributed by atoms with Crippen LogP contribution in [0.4, 0.5) is 0 Å². The molecule has 0 aliphatic heterocycles. The summed E-state index contributed by atoms with van der Waals surface area (Å²) >= 11 is -0.988. The Morgan fingerprint density at radius 1 is 0.640 bits per heavy atom. The van der Waals surface area contributed by atoms with E-state index in [4.69, 9.17) is 0 Å². The molecule has 0 fully saturated rings. The second-order valence-corrected chi connectivity index (χ2v) is 13.0. The van der Waals surface area contributed by atoms with Crippen molar-refractivity contribution in [2.75, 3.05) is 0 Å². The Bertz CT molecular complexity index is 630. The van der Waals surface area contributed by atoms with Crippen LogP contribution >= 0.6 is 0 Å². The zero-order chi connectivity index (χ0) is 19.2. The van der Waals surface area contributed by atoms with E-state index in [0.29, 0.717) is 10.8 Å². The first-order valence-corrected chi connectivity index (χ1v) is 13.3. The Morgan fingerprint density at radius 3 is 1.24 bits per heavy atom. The van der Waals surface area contributed by atoms with Crippen molar-refractivity contribution in [3.63, 3.8) is 0 Å². The van der Waals surface area contributed by atoms with E-state index >= 15 is 0 Å². The molecule has 0 N–H and O–H groups in total. The molecule has 0 nitrogen and oxygen atoms in total. The summed E-state index contributed by atoms with van der Waals surface area (Å²) in [6.45, 7) is 24.2. The van der Waals surface area contributed by atoms with Gasteiger partial charge < -0.3 is 0 Å². The van der Waals surface area contributed by atoms with E-state index in [9.17, 15) is 0 Å². The van der Waals surface area contributed by atoms with Gasteiger partial charge in [-0.25, -0.2) is 0 Å². The predicted molar refractivity (Wildman–Crippen MR) is 108 cm³/mol. The van der Waals surface area contributed by atoms with Crippen LogP contribution in [-0.2, 0) is 17.1 Å². The van der Waals surface area contributed by atoms with Gasteiger partial charge in [0.05, 0.1) is 0 Å². The van der Waals surface area contributed by atoms with Crippen LogP contribution in [0.15, 0.2) is 41.8 Å². The molecule has 0 atom stereocenters. The van der Waals surface area contributed by atoms with Crippen molar-refractivity contribution in [2.45, 2.75) is 94.9 Å². The minimum atomic E-state index is -0.988. The maximum atomic E-state index is 2.49. The molecule has 0 unspecified atom stereocenters. The molecule has 0 aromatic carbocycles. The Balaban J connectivity index is 2.56. The van der Waals surface area contributed by atoms with Gasteiger partial charge in [-0.3, -0.25) is 0 Å². The van der Waals surface area contributed by atoms with Crippen molar-refractivity contribution in [3.05, 3.63) is 41.8 Å². The summed E-state index contributed by atoms with van der Waals surface area (Å²) in [5.74, 6) is 0. The normalized spacial score (nSPS) is 22.5. The predicted octanol–water partition coefficient (Wildman–Crippen LogP) is 7.93. The third-order valence-corrected chi connectivity index (χ3v) is 14.5. The second-order valence-electron chi connectivity index (χ2n) is 9.34. The summed E-state index contributed by atoms with van der Waals surface area (Å²) in [6.07, 6.45) is 5.08. The summed E-state index contributed by atoms with van der Waals surface area (Å²) in [7, 11) is 0. The quantitative estimate of drug-likeness (QED) is 0.403. The van der Waals surface area contributed by atoms with Gasteiger partial charge in [-0.1, -0.05) is 0 Å². The van der Waals surface area contributed by atoms with Gasteiger partial charge in [0.25, 0.3) is 0 Å². The first-order chi connectivity index (χ1) is 11.5. The monoisotopic (exact) mass is 390 g/mol. The fourth-order valence-electron chi connectivity index (χ4n) is 5.06. The molecule has 0 spiro atoms. The molecule has 1 heteroatoms. The molecule has 136 valence electrons. The first kappa shape index (κ1) is 20.9.